The second-order valence-electron chi connectivity index (χ2n) is 31.2. The molecular weight excluding hydrogens is 1190 g/mol. The largest absolute Gasteiger partial charge is 0.409 e. The van der Waals surface area contributed by atoms with Crippen molar-refractivity contribution in [1.29, 1.82) is 0 Å². The average molecular weight is 1320 g/mol. The Balaban J connectivity index is 0.000000266. The summed E-state index contributed by atoms with van der Waals surface area (Å²) in [6, 6.07) is 20.2. The molecule has 0 saturated carbocycles. The molecule has 0 aliphatic carbocycles. The number of ether oxygens (including phenoxy) is 12. The maximum atomic E-state index is 11.2. The maximum Gasteiger partial charge on any atom is 0.192 e. The van der Waals surface area contributed by atoms with Gasteiger partial charge in [-0.2, -0.15) is 0 Å². The van der Waals surface area contributed by atoms with Crippen LogP contribution < -0.4 is 0 Å². The standard InChI is InChI=1S/C42H74O7Si.C36H60O7/c1-11-12-13-14-15-16-17-18-19-20-21-25-28-34-38(48-42(7,8)47-34)36(49-50(9,10)41(4,5)6)30-43-39-32(3)31(2)37-35(45-39)29-44-40(46-37)33-26-23-22-24-27-33;1-6-7-8-9-10-11-12-13-14-15-16-20-23-30-33(43-36(4,5)42-30)29(37)24-38-34-27(3)26(2)32-31(40-34)25-39-35(41-32)28-21-18-17-19-22-28/h22-24,26-27,31-32,34-40H,11-21,25,28-30H2,1-10H3;17-19,21-22,26-27,29-35,37H,6-16,20,23-25H2,1-5H3/t31?,32?,34-,35?,36+,37?,38-,39?,40?;26?,27?,29-,30+,31?,32?,33-,34?,35?/m10/s1. The van der Waals surface area contributed by atoms with E-state index in [2.05, 4.69) is 87.5 Å². The third kappa shape index (κ3) is 24.7. The molecule has 6 fully saturated rings. The van der Waals surface area contributed by atoms with E-state index in [9.17, 15) is 5.11 Å². The smallest absolute Gasteiger partial charge is 0.192 e. The Morgan fingerprint density at radius 1 is 0.473 bits per heavy atom. The van der Waals surface area contributed by atoms with Gasteiger partial charge in [-0.15, -0.1) is 0 Å². The van der Waals surface area contributed by atoms with E-state index in [0.29, 0.717) is 19.8 Å². The monoisotopic (exact) mass is 1320 g/mol. The van der Waals surface area contributed by atoms with Crippen LogP contribution in [0.15, 0.2) is 60.7 Å². The molecule has 2 aromatic rings. The lowest BCUT2D eigenvalue weighted by Gasteiger charge is -2.48. The highest BCUT2D eigenvalue weighted by Crippen LogP contribution is 2.45. The van der Waals surface area contributed by atoms with Crippen molar-refractivity contribution in [2.24, 2.45) is 23.7 Å². The van der Waals surface area contributed by atoms with Crippen LogP contribution >= 0.6 is 0 Å². The highest BCUT2D eigenvalue weighted by atomic mass is 28.4. The number of fused-ring (bicyclic) bond motifs is 2. The van der Waals surface area contributed by atoms with Crippen LogP contribution in [-0.2, 0) is 61.3 Å². The van der Waals surface area contributed by atoms with Gasteiger partial charge in [-0.25, -0.2) is 0 Å². The number of aliphatic hydroxyl groups excluding tert-OH is 1. The van der Waals surface area contributed by atoms with Gasteiger partial charge in [-0.1, -0.05) is 277 Å². The maximum absolute atomic E-state index is 11.2. The molecule has 0 bridgehead atoms. The highest BCUT2D eigenvalue weighted by molar-refractivity contribution is 6.74. The molecule has 6 saturated heterocycles. The van der Waals surface area contributed by atoms with E-state index in [-0.39, 0.29) is 103 Å². The molecule has 14 nitrogen and oxygen atoms in total. The van der Waals surface area contributed by atoms with Gasteiger partial charge in [-0.05, 0) is 70.5 Å². The van der Waals surface area contributed by atoms with Crippen LogP contribution in [0.1, 0.15) is 281 Å². The summed E-state index contributed by atoms with van der Waals surface area (Å²) in [4.78, 5) is 0. The van der Waals surface area contributed by atoms with Crippen LogP contribution in [0.2, 0.25) is 18.1 Å². The number of aliphatic hydroxyl groups is 1. The van der Waals surface area contributed by atoms with Gasteiger partial charge in [0.1, 0.15) is 30.5 Å². The Bertz CT molecular complexity index is 2300. The van der Waals surface area contributed by atoms with Gasteiger partial charge < -0.3 is 66.4 Å². The Hall–Kier alpha value is -1.90. The molecule has 0 radical (unpaired) electrons. The van der Waals surface area contributed by atoms with Gasteiger partial charge in [0.25, 0.3) is 0 Å². The first kappa shape index (κ1) is 78.4. The number of benzene rings is 2. The Kier molecular flexibility index (Phi) is 33.1. The molecule has 15 heteroatoms. The zero-order chi connectivity index (χ0) is 67.0. The number of hydrogen-bond acceptors (Lipinski definition) is 14. The highest BCUT2D eigenvalue weighted by Gasteiger charge is 2.52. The molecule has 8 rings (SSSR count). The first-order valence-corrected chi connectivity index (χ1v) is 40.7. The predicted molar refractivity (Wildman–Crippen MR) is 373 cm³/mol. The van der Waals surface area contributed by atoms with Gasteiger partial charge in [0.15, 0.2) is 45.1 Å². The zero-order valence-corrected chi connectivity index (χ0v) is 62.1. The molecule has 1 N–H and O–H groups in total. The van der Waals surface area contributed by atoms with Crippen molar-refractivity contribution < 1.29 is 66.4 Å². The van der Waals surface area contributed by atoms with Crippen LogP contribution in [0.4, 0.5) is 0 Å². The second kappa shape index (κ2) is 39.2. The first-order chi connectivity index (χ1) is 44.5. The van der Waals surface area contributed by atoms with Crippen LogP contribution in [0, 0.1) is 23.7 Å². The molecule has 18 atom stereocenters. The summed E-state index contributed by atoms with van der Waals surface area (Å²) in [6.07, 6.45) is 29.8. The third-order valence-electron chi connectivity index (χ3n) is 21.4. The minimum Gasteiger partial charge on any atom is -0.409 e. The summed E-state index contributed by atoms with van der Waals surface area (Å²) in [6.45, 7) is 34.2. The molecule has 0 amide bonds. The molecule has 0 aromatic heterocycles. The van der Waals surface area contributed by atoms with Gasteiger partial charge in [-0.3, -0.25) is 0 Å². The molecule has 2 aromatic carbocycles. The van der Waals surface area contributed by atoms with Gasteiger partial charge in [0, 0.05) is 23.0 Å². The molecule has 6 aliphatic heterocycles. The van der Waals surface area contributed by atoms with E-state index < -0.39 is 38.4 Å². The summed E-state index contributed by atoms with van der Waals surface area (Å²) in [7, 11) is -2.16. The molecule has 6 aliphatic rings. The van der Waals surface area contributed by atoms with E-state index in [1.54, 1.807) is 0 Å². The zero-order valence-electron chi connectivity index (χ0n) is 61.1. The quantitative estimate of drug-likeness (QED) is 0.0504. The first-order valence-electron chi connectivity index (χ1n) is 37.8. The molecule has 93 heavy (non-hydrogen) atoms. The van der Waals surface area contributed by atoms with E-state index in [1.807, 2.05) is 76.2 Å². The van der Waals surface area contributed by atoms with Crippen molar-refractivity contribution in [2.45, 2.75) is 373 Å². The lowest BCUT2D eigenvalue weighted by molar-refractivity contribution is -0.344. The number of hydrogen-bond donors (Lipinski definition) is 1. The average Bonchev–Trinajstić information content (AvgIpc) is 1.39. The predicted octanol–water partition coefficient (Wildman–Crippen LogP) is 19.2. The Labute approximate surface area is 566 Å². The minimum atomic E-state index is -2.16. The normalized spacial score (nSPS) is 31.7. The Morgan fingerprint density at radius 2 is 0.828 bits per heavy atom. The number of unbranched alkanes of at least 4 members (excludes halogenated alkanes) is 22. The summed E-state index contributed by atoms with van der Waals surface area (Å²) >= 11 is 0. The van der Waals surface area contributed by atoms with Gasteiger partial charge in [0.05, 0.1) is 56.9 Å². The van der Waals surface area contributed by atoms with Crippen molar-refractivity contribution in [2.75, 3.05) is 26.4 Å². The van der Waals surface area contributed by atoms with Crippen molar-refractivity contribution in [3.05, 3.63) is 71.8 Å². The Morgan fingerprint density at radius 3 is 1.22 bits per heavy atom. The van der Waals surface area contributed by atoms with Crippen molar-refractivity contribution in [3.8, 4) is 0 Å². The van der Waals surface area contributed by atoms with Crippen LogP contribution in [0.3, 0.4) is 0 Å². The molecule has 12 unspecified atom stereocenters. The van der Waals surface area contributed by atoms with Gasteiger partial charge >= 0.3 is 0 Å². The fraction of sp³-hybridized carbons (Fsp3) is 0.846. The van der Waals surface area contributed by atoms with E-state index >= 15 is 0 Å². The number of rotatable bonds is 38. The minimum absolute atomic E-state index is 0.0328. The van der Waals surface area contributed by atoms with Crippen LogP contribution in [0.25, 0.3) is 0 Å². The van der Waals surface area contributed by atoms with Crippen molar-refractivity contribution in [1.82, 2.24) is 0 Å². The van der Waals surface area contributed by atoms with Crippen LogP contribution in [0.5, 0.6) is 0 Å². The third-order valence-corrected chi connectivity index (χ3v) is 25.9. The molecule has 6 heterocycles. The summed E-state index contributed by atoms with van der Waals surface area (Å²) in [5.74, 6) is -0.707. The van der Waals surface area contributed by atoms with E-state index in [0.717, 1.165) is 36.8 Å². The van der Waals surface area contributed by atoms with E-state index in [1.165, 1.54) is 141 Å². The lowest BCUT2D eigenvalue weighted by Crippen LogP contribution is -2.56. The topological polar surface area (TPSA) is 140 Å². The van der Waals surface area contributed by atoms with Crippen molar-refractivity contribution >= 4 is 8.32 Å². The summed E-state index contributed by atoms with van der Waals surface area (Å²) in [5.41, 5.74) is 2.05. The molecule has 0 spiro atoms. The SMILES string of the molecule is CCCCCCCCCCCCCC[C@H]1OC(C)(C)O[C@H]1[C@@H](O)COC1OC2COC(c3ccccc3)OC2C(C)C1C.CCCCCCCCCCCCCC[C@H]1OC(C)(C)O[C@H]1[C@H](COC1OC2COC(c3ccccc3)OC2C(C)C1C)O[Si](C)(C)C(C)(C)C. The van der Waals surface area contributed by atoms with E-state index in [4.69, 9.17) is 61.3 Å². The lowest BCUT2D eigenvalue weighted by atomic mass is 9.84. The molecular formula is C78H134O14Si. The van der Waals surface area contributed by atoms with Gasteiger partial charge in [0.2, 0.25) is 0 Å². The fourth-order valence-corrected chi connectivity index (χ4v) is 15.6. The second-order valence-corrected chi connectivity index (χ2v) is 35.9. The molecule has 534 valence electrons. The van der Waals surface area contributed by atoms with Crippen LogP contribution in [-0.4, -0.2) is 125 Å². The fourth-order valence-electron chi connectivity index (χ4n) is 14.3. The summed E-state index contributed by atoms with van der Waals surface area (Å²) < 4.78 is 83.7. The van der Waals surface area contributed by atoms with Crippen molar-refractivity contribution in [3.63, 3.8) is 0 Å². The summed E-state index contributed by atoms with van der Waals surface area (Å²) in [5, 5.41) is 11.2.